The number of aliphatic hydroxyl groups excluding tert-OH is 1. The van der Waals surface area contributed by atoms with Crippen LogP contribution in [-0.2, 0) is 6.42 Å². The fraction of sp³-hybridized carbons (Fsp3) is 0.500. The van der Waals surface area contributed by atoms with E-state index in [1.54, 1.807) is 20.2 Å². The zero-order valence-corrected chi connectivity index (χ0v) is 10.6. The van der Waals surface area contributed by atoms with Crippen molar-refractivity contribution in [1.82, 2.24) is 5.32 Å². The van der Waals surface area contributed by atoms with Crippen LogP contribution in [0.3, 0.4) is 0 Å². The van der Waals surface area contributed by atoms with Gasteiger partial charge in [0.25, 0.3) is 0 Å². The van der Waals surface area contributed by atoms with Crippen molar-refractivity contribution in [3.05, 3.63) is 28.3 Å². The minimum Gasteiger partial charge on any atom is -0.495 e. The molecule has 0 spiro atoms. The first kappa shape index (κ1) is 13.3. The minimum absolute atomic E-state index is 0.506. The lowest BCUT2D eigenvalue weighted by Gasteiger charge is -2.15. The molecule has 1 atom stereocenters. The van der Waals surface area contributed by atoms with Gasteiger partial charge >= 0.3 is 0 Å². The third kappa shape index (κ3) is 2.88. The number of hydrogen-bond acceptors (Lipinski definition) is 3. The molecule has 90 valence electrons. The molecular weight excluding hydrogens is 226 g/mol. The molecular formula is C12H18ClNO2. The Balaban J connectivity index is 3.09. The third-order valence-corrected chi connectivity index (χ3v) is 2.79. The number of benzene rings is 1. The number of aryl methyl sites for hydroxylation is 1. The van der Waals surface area contributed by atoms with Crippen molar-refractivity contribution < 1.29 is 9.84 Å². The maximum atomic E-state index is 9.87. The monoisotopic (exact) mass is 243 g/mol. The fourth-order valence-electron chi connectivity index (χ4n) is 1.67. The van der Waals surface area contributed by atoms with Crippen LogP contribution in [0.25, 0.3) is 0 Å². The predicted molar refractivity (Wildman–Crippen MR) is 66.3 cm³/mol. The van der Waals surface area contributed by atoms with E-state index < -0.39 is 6.10 Å². The maximum Gasteiger partial charge on any atom is 0.140 e. The normalized spacial score (nSPS) is 12.6. The predicted octanol–water partition coefficient (Wildman–Crippen LogP) is 2.16. The summed E-state index contributed by atoms with van der Waals surface area (Å²) in [6, 6.07) is 3.69. The van der Waals surface area contributed by atoms with Crippen molar-refractivity contribution in [3.63, 3.8) is 0 Å². The summed E-state index contributed by atoms with van der Waals surface area (Å²) < 4.78 is 5.23. The Morgan fingerprint density at radius 1 is 1.50 bits per heavy atom. The van der Waals surface area contributed by atoms with Crippen molar-refractivity contribution in [2.45, 2.75) is 19.4 Å². The lowest BCUT2D eigenvalue weighted by atomic mass is 10.0. The van der Waals surface area contributed by atoms with Crippen LogP contribution in [0.15, 0.2) is 12.1 Å². The lowest BCUT2D eigenvalue weighted by Crippen LogP contribution is -2.17. The van der Waals surface area contributed by atoms with E-state index in [4.69, 9.17) is 16.3 Å². The molecule has 0 aliphatic rings. The molecule has 0 heterocycles. The summed E-state index contributed by atoms with van der Waals surface area (Å²) in [5, 5.41) is 13.3. The Hall–Kier alpha value is -0.770. The molecule has 0 aliphatic carbocycles. The molecule has 1 unspecified atom stereocenters. The number of aliphatic hydroxyl groups is 1. The van der Waals surface area contributed by atoms with Gasteiger partial charge in [-0.05, 0) is 36.7 Å². The largest absolute Gasteiger partial charge is 0.495 e. The number of likely N-dealkylation sites (N-methyl/N-ethyl adjacent to an activating group) is 1. The Kier molecular flexibility index (Phi) is 5.06. The number of halogens is 1. The zero-order chi connectivity index (χ0) is 12.1. The van der Waals surface area contributed by atoms with Gasteiger partial charge < -0.3 is 15.2 Å². The van der Waals surface area contributed by atoms with Crippen molar-refractivity contribution in [2.24, 2.45) is 0 Å². The minimum atomic E-state index is -0.543. The van der Waals surface area contributed by atoms with Gasteiger partial charge in [0.15, 0.2) is 0 Å². The highest BCUT2D eigenvalue weighted by atomic mass is 35.5. The van der Waals surface area contributed by atoms with Crippen molar-refractivity contribution >= 4 is 11.6 Å². The highest BCUT2D eigenvalue weighted by Gasteiger charge is 2.13. The first-order valence-electron chi connectivity index (χ1n) is 5.33. The first-order valence-corrected chi connectivity index (χ1v) is 5.70. The number of nitrogens with one attached hydrogen (secondary N) is 1. The molecule has 2 N–H and O–H groups in total. The second-order valence-electron chi connectivity index (χ2n) is 3.62. The molecule has 3 nitrogen and oxygen atoms in total. The zero-order valence-electron chi connectivity index (χ0n) is 9.88. The van der Waals surface area contributed by atoms with E-state index in [1.807, 2.05) is 13.0 Å². The Bertz CT molecular complexity index is 355. The molecule has 0 saturated heterocycles. The number of ether oxygens (including phenoxy) is 1. The third-order valence-electron chi connectivity index (χ3n) is 2.51. The van der Waals surface area contributed by atoms with Crippen LogP contribution in [0, 0.1) is 0 Å². The molecule has 0 aliphatic heterocycles. The van der Waals surface area contributed by atoms with E-state index in [0.29, 0.717) is 17.3 Å². The average molecular weight is 244 g/mol. The van der Waals surface area contributed by atoms with Crippen LogP contribution in [-0.4, -0.2) is 25.8 Å². The molecule has 1 aromatic carbocycles. The summed E-state index contributed by atoms with van der Waals surface area (Å²) in [4.78, 5) is 0. The second kappa shape index (κ2) is 6.09. The van der Waals surface area contributed by atoms with E-state index >= 15 is 0 Å². The molecule has 1 aromatic rings. The topological polar surface area (TPSA) is 41.5 Å². The summed E-state index contributed by atoms with van der Waals surface area (Å²) >= 11 is 6.10. The summed E-state index contributed by atoms with van der Waals surface area (Å²) in [7, 11) is 3.40. The smallest absolute Gasteiger partial charge is 0.140 e. The van der Waals surface area contributed by atoms with Gasteiger partial charge in [-0.3, -0.25) is 0 Å². The first-order chi connectivity index (χ1) is 7.63. The highest BCUT2D eigenvalue weighted by Crippen LogP contribution is 2.32. The van der Waals surface area contributed by atoms with Crippen molar-refractivity contribution in [2.75, 3.05) is 20.7 Å². The van der Waals surface area contributed by atoms with Crippen LogP contribution < -0.4 is 10.1 Å². The molecule has 0 amide bonds. The van der Waals surface area contributed by atoms with Gasteiger partial charge in [0.1, 0.15) is 5.75 Å². The van der Waals surface area contributed by atoms with Gasteiger partial charge in [0, 0.05) is 6.54 Å². The molecule has 16 heavy (non-hydrogen) atoms. The van der Waals surface area contributed by atoms with E-state index in [1.165, 1.54) is 0 Å². The lowest BCUT2D eigenvalue weighted by molar-refractivity contribution is 0.177. The number of methoxy groups -OCH3 is 1. The van der Waals surface area contributed by atoms with E-state index in [9.17, 15) is 5.11 Å². The quantitative estimate of drug-likeness (QED) is 0.833. The highest BCUT2D eigenvalue weighted by molar-refractivity contribution is 6.32. The number of rotatable bonds is 5. The van der Waals surface area contributed by atoms with Gasteiger partial charge in [-0.1, -0.05) is 18.5 Å². The molecule has 4 heteroatoms. The van der Waals surface area contributed by atoms with Crippen LogP contribution in [0.4, 0.5) is 0 Å². The Labute approximate surface area is 101 Å². The molecule has 0 saturated carbocycles. The fourth-order valence-corrected chi connectivity index (χ4v) is 1.99. The van der Waals surface area contributed by atoms with Crippen molar-refractivity contribution in [1.29, 1.82) is 0 Å². The summed E-state index contributed by atoms with van der Waals surface area (Å²) in [5.41, 5.74) is 1.83. The molecule has 0 bridgehead atoms. The van der Waals surface area contributed by atoms with Gasteiger partial charge in [-0.15, -0.1) is 0 Å². The summed E-state index contributed by atoms with van der Waals surface area (Å²) in [6.07, 6.45) is 0.280. The maximum absolute atomic E-state index is 9.87. The molecule has 1 rings (SSSR count). The standard InChI is InChI=1S/C12H18ClNO2/c1-4-8-5-9(11(15)7-14-2)6-10(13)12(8)16-3/h5-6,11,14-15H,4,7H2,1-3H3. The van der Waals surface area contributed by atoms with Gasteiger partial charge in [0.05, 0.1) is 18.2 Å². The average Bonchev–Trinajstić information content (AvgIpc) is 2.28. The molecule has 0 aromatic heterocycles. The summed E-state index contributed by atoms with van der Waals surface area (Å²) in [6.45, 7) is 2.54. The van der Waals surface area contributed by atoms with Crippen LogP contribution in [0.2, 0.25) is 5.02 Å². The van der Waals surface area contributed by atoms with Crippen LogP contribution >= 0.6 is 11.6 Å². The van der Waals surface area contributed by atoms with Crippen LogP contribution in [0.5, 0.6) is 5.75 Å². The van der Waals surface area contributed by atoms with Crippen LogP contribution in [0.1, 0.15) is 24.2 Å². The van der Waals surface area contributed by atoms with Gasteiger partial charge in [0.2, 0.25) is 0 Å². The van der Waals surface area contributed by atoms with E-state index in [0.717, 1.165) is 17.5 Å². The Morgan fingerprint density at radius 3 is 2.69 bits per heavy atom. The van der Waals surface area contributed by atoms with E-state index in [2.05, 4.69) is 5.32 Å². The molecule has 0 fully saturated rings. The molecule has 0 radical (unpaired) electrons. The second-order valence-corrected chi connectivity index (χ2v) is 4.03. The van der Waals surface area contributed by atoms with Crippen molar-refractivity contribution in [3.8, 4) is 5.75 Å². The SMILES string of the molecule is CCc1cc(C(O)CNC)cc(Cl)c1OC. The number of hydrogen-bond donors (Lipinski definition) is 2. The van der Waals surface area contributed by atoms with E-state index in [-0.39, 0.29) is 0 Å². The summed E-state index contributed by atoms with van der Waals surface area (Å²) in [5.74, 6) is 0.699. The van der Waals surface area contributed by atoms with Gasteiger partial charge in [-0.2, -0.15) is 0 Å². The van der Waals surface area contributed by atoms with Gasteiger partial charge in [-0.25, -0.2) is 0 Å². The Morgan fingerprint density at radius 2 is 2.19 bits per heavy atom.